The van der Waals surface area contributed by atoms with Gasteiger partial charge in [-0.2, -0.15) is 0 Å². The number of benzene rings is 10. The molecule has 0 atom stereocenters. The summed E-state index contributed by atoms with van der Waals surface area (Å²) in [7, 11) is 0. The minimum atomic E-state index is 1.02. The number of fused-ring (bicyclic) bond motifs is 6. The molecule has 2 heterocycles. The summed E-state index contributed by atoms with van der Waals surface area (Å²) in [6.07, 6.45) is 17.8. The molecule has 2 heteroatoms. The summed E-state index contributed by atoms with van der Waals surface area (Å²) >= 11 is 0. The second-order valence-electron chi connectivity index (χ2n) is 19.6. The Morgan fingerprint density at radius 2 is 0.800 bits per heavy atom. The molecule has 0 N–H and O–H groups in total. The second kappa shape index (κ2) is 16.8. The van der Waals surface area contributed by atoms with Crippen molar-refractivity contribution in [2.24, 2.45) is 0 Å². The quantitative estimate of drug-likeness (QED) is 0.159. The van der Waals surface area contributed by atoms with Gasteiger partial charge in [0, 0.05) is 34.1 Å². The number of hydrogen-bond acceptors (Lipinski definition) is 2. The van der Waals surface area contributed by atoms with Gasteiger partial charge in [-0.3, -0.25) is 0 Å². The van der Waals surface area contributed by atoms with Crippen LogP contribution in [0.25, 0.3) is 76.5 Å². The third-order valence-corrected chi connectivity index (χ3v) is 15.7. The molecule has 10 aromatic carbocycles. The van der Waals surface area contributed by atoms with Crippen LogP contribution in [-0.4, -0.2) is 0 Å². The first-order valence-corrected chi connectivity index (χ1v) is 25.4. The first-order chi connectivity index (χ1) is 34.7. The van der Waals surface area contributed by atoms with Gasteiger partial charge in [-0.1, -0.05) is 182 Å². The van der Waals surface area contributed by atoms with Gasteiger partial charge in [-0.05, 0) is 187 Å². The molecule has 0 unspecified atom stereocenters. The normalized spacial score (nSPS) is 15.5. The number of aryl methyl sites for hydroxylation is 2. The van der Waals surface area contributed by atoms with Crippen LogP contribution in [0.3, 0.4) is 0 Å². The topological polar surface area (TPSA) is 6.48 Å². The van der Waals surface area contributed by atoms with E-state index in [-0.39, 0.29) is 0 Å². The molecule has 0 radical (unpaired) electrons. The van der Waals surface area contributed by atoms with Gasteiger partial charge in [0.15, 0.2) is 0 Å². The Bertz CT molecular complexity index is 3900. The van der Waals surface area contributed by atoms with Gasteiger partial charge < -0.3 is 9.80 Å². The fraction of sp³-hybridized carbons (Fsp3) is 0.118. The molecule has 2 aliphatic heterocycles. The van der Waals surface area contributed by atoms with Crippen molar-refractivity contribution in [2.75, 3.05) is 9.80 Å². The van der Waals surface area contributed by atoms with E-state index in [0.717, 1.165) is 51.4 Å². The summed E-state index contributed by atoms with van der Waals surface area (Å²) in [6, 6.07) is 73.7. The van der Waals surface area contributed by atoms with Crippen molar-refractivity contribution in [2.45, 2.75) is 51.4 Å². The number of hydrogen-bond donors (Lipinski definition) is 0. The van der Waals surface area contributed by atoms with Crippen LogP contribution in [0.2, 0.25) is 0 Å². The second-order valence-corrected chi connectivity index (χ2v) is 19.6. The van der Waals surface area contributed by atoms with E-state index in [0.29, 0.717) is 0 Å². The first kappa shape index (κ1) is 40.8. The van der Waals surface area contributed by atoms with Crippen LogP contribution >= 0.6 is 0 Å². The summed E-state index contributed by atoms with van der Waals surface area (Å²) in [5.41, 5.74) is 21.1. The summed E-state index contributed by atoms with van der Waals surface area (Å²) in [5, 5.41) is 10.1. The van der Waals surface area contributed by atoms with Crippen LogP contribution in [0.4, 0.5) is 22.7 Å². The predicted octanol–water partition coefficient (Wildman–Crippen LogP) is 18.7. The third kappa shape index (κ3) is 6.61. The van der Waals surface area contributed by atoms with E-state index < -0.39 is 0 Å². The predicted molar refractivity (Wildman–Crippen MR) is 297 cm³/mol. The molecule has 2 nitrogen and oxygen atoms in total. The highest BCUT2D eigenvalue weighted by atomic mass is 15.2. The van der Waals surface area contributed by atoms with Crippen LogP contribution in [0.5, 0.6) is 0 Å². The van der Waals surface area contributed by atoms with Gasteiger partial charge in [0.1, 0.15) is 0 Å². The average Bonchev–Trinajstić information content (AvgIpc) is 3.71. The summed E-state index contributed by atoms with van der Waals surface area (Å²) in [6.45, 7) is 0. The zero-order chi connectivity index (χ0) is 46.1. The molecule has 0 bridgehead atoms. The fourth-order valence-corrected chi connectivity index (χ4v) is 12.6. The molecule has 0 spiro atoms. The monoisotopic (exact) mass is 896 g/mol. The van der Waals surface area contributed by atoms with Crippen LogP contribution in [0.15, 0.2) is 241 Å². The standard InChI is InChI=1S/C68H52N2/c1-2-17-45(18-3-1)54-41-42-58(56-27-11-10-26-55(54)56)68-60-40-38-51(69-63-29-12-5-20-47(63)33-34-48-21-6-13-30-64(48)69)43-61(60)67(57-28-16-24-46-19-4-9-25-53(46)57)59-39-37-52(44-62(59)68)70-65-31-14-7-22-49(65)35-36-50-23-8-15-32-66(50)70/h1-12,14,16-29,31,37-44H,13,15,30,32-36H2. The van der Waals surface area contributed by atoms with Crippen LogP contribution in [0.1, 0.15) is 49.7 Å². The Labute approximate surface area is 410 Å². The summed E-state index contributed by atoms with van der Waals surface area (Å²) in [4.78, 5) is 5.23. The zero-order valence-electron chi connectivity index (χ0n) is 39.3. The molecule has 4 aliphatic rings. The summed E-state index contributed by atoms with van der Waals surface area (Å²) < 4.78 is 0. The zero-order valence-corrected chi connectivity index (χ0v) is 39.3. The van der Waals surface area contributed by atoms with E-state index in [9.17, 15) is 0 Å². The molecule has 0 aromatic heterocycles. The van der Waals surface area contributed by atoms with E-state index in [1.165, 1.54) is 133 Å². The Balaban J connectivity index is 1.13. The number of rotatable bonds is 5. The Morgan fingerprint density at radius 3 is 1.41 bits per heavy atom. The Hall–Kier alpha value is -8.20. The summed E-state index contributed by atoms with van der Waals surface area (Å²) in [5.74, 6) is 0. The van der Waals surface area contributed by atoms with Crippen LogP contribution < -0.4 is 9.80 Å². The maximum absolute atomic E-state index is 2.62. The largest absolute Gasteiger partial charge is 0.314 e. The lowest BCUT2D eigenvalue weighted by Crippen LogP contribution is -2.19. The van der Waals surface area contributed by atoms with Gasteiger partial charge in [0.05, 0.1) is 0 Å². The van der Waals surface area contributed by atoms with E-state index in [1.54, 1.807) is 0 Å². The van der Waals surface area contributed by atoms with Gasteiger partial charge in [-0.25, -0.2) is 0 Å². The molecule has 70 heavy (non-hydrogen) atoms. The maximum atomic E-state index is 2.62. The molecule has 334 valence electrons. The highest BCUT2D eigenvalue weighted by Gasteiger charge is 2.29. The van der Waals surface area contributed by atoms with E-state index >= 15 is 0 Å². The van der Waals surface area contributed by atoms with Gasteiger partial charge in [0.25, 0.3) is 0 Å². The molecular formula is C68H52N2. The van der Waals surface area contributed by atoms with Crippen molar-refractivity contribution in [3.8, 4) is 33.4 Å². The van der Waals surface area contributed by atoms with Crippen LogP contribution in [0, 0.1) is 0 Å². The Morgan fingerprint density at radius 1 is 0.314 bits per heavy atom. The lowest BCUT2D eigenvalue weighted by Gasteiger charge is -2.32. The molecule has 0 saturated heterocycles. The third-order valence-electron chi connectivity index (χ3n) is 15.7. The highest BCUT2D eigenvalue weighted by molar-refractivity contribution is 6.26. The Kier molecular flexibility index (Phi) is 9.79. The molecule has 14 rings (SSSR count). The molecule has 0 fully saturated rings. The SMILES string of the molecule is C1=CC2=C(CC1)N(c1ccc3c(-c4ccc(-c5ccccc5)c5ccccc45)c4cc(N5C6=C(C=CCC6)CCc6ccccc65)ccc4c(-c4cccc5ccccc45)c3c1)c1ccccc1CC2. The van der Waals surface area contributed by atoms with Crippen LogP contribution in [-0.2, 0) is 12.8 Å². The molecule has 2 aliphatic carbocycles. The molecular weight excluding hydrogens is 845 g/mol. The minimum Gasteiger partial charge on any atom is -0.314 e. The van der Waals surface area contributed by atoms with Gasteiger partial charge >= 0.3 is 0 Å². The van der Waals surface area contributed by atoms with Crippen molar-refractivity contribution < 1.29 is 0 Å². The lowest BCUT2D eigenvalue weighted by atomic mass is 9.82. The van der Waals surface area contributed by atoms with E-state index in [1.807, 2.05) is 0 Å². The van der Waals surface area contributed by atoms with Crippen molar-refractivity contribution in [3.63, 3.8) is 0 Å². The maximum Gasteiger partial charge on any atom is 0.0490 e. The highest BCUT2D eigenvalue weighted by Crippen LogP contribution is 2.52. The minimum absolute atomic E-state index is 1.02. The molecule has 0 saturated carbocycles. The van der Waals surface area contributed by atoms with Crippen molar-refractivity contribution in [1.82, 2.24) is 0 Å². The smallest absolute Gasteiger partial charge is 0.0490 e. The average molecular weight is 897 g/mol. The lowest BCUT2D eigenvalue weighted by molar-refractivity contribution is 0.873. The number of anilines is 4. The molecule has 10 aromatic rings. The number of nitrogens with zero attached hydrogens (tertiary/aromatic N) is 2. The first-order valence-electron chi connectivity index (χ1n) is 25.4. The number of para-hydroxylation sites is 2. The van der Waals surface area contributed by atoms with Crippen molar-refractivity contribution in [3.05, 3.63) is 252 Å². The van der Waals surface area contributed by atoms with Gasteiger partial charge in [0.2, 0.25) is 0 Å². The van der Waals surface area contributed by atoms with Crippen molar-refractivity contribution >= 4 is 65.8 Å². The van der Waals surface area contributed by atoms with Gasteiger partial charge in [-0.15, -0.1) is 0 Å². The molecule has 0 amide bonds. The van der Waals surface area contributed by atoms with E-state index in [4.69, 9.17) is 0 Å². The van der Waals surface area contributed by atoms with E-state index in [2.05, 4.69) is 228 Å². The number of allylic oxidation sites excluding steroid dienone is 8. The van der Waals surface area contributed by atoms with Crippen molar-refractivity contribution in [1.29, 1.82) is 0 Å². The fourth-order valence-electron chi connectivity index (χ4n) is 12.6.